The number of hydrogen-bond acceptors (Lipinski definition) is 5. The van der Waals surface area contributed by atoms with Crippen molar-refractivity contribution in [2.45, 2.75) is 6.04 Å². The highest BCUT2D eigenvalue weighted by Crippen LogP contribution is 2.26. The molecular weight excluding hydrogens is 428 g/mol. The summed E-state index contributed by atoms with van der Waals surface area (Å²) < 4.78 is 4.89. The summed E-state index contributed by atoms with van der Waals surface area (Å²) in [5.41, 5.74) is 3.11. The van der Waals surface area contributed by atoms with E-state index in [0.29, 0.717) is 27.7 Å². The predicted octanol–water partition coefficient (Wildman–Crippen LogP) is 4.67. The zero-order valence-corrected chi connectivity index (χ0v) is 18.0. The van der Waals surface area contributed by atoms with Crippen LogP contribution in [0.25, 0.3) is 22.2 Å². The molecule has 0 spiro atoms. The number of pyridine rings is 1. The number of fused-ring (bicyclic) bond motifs is 1. The van der Waals surface area contributed by atoms with Crippen molar-refractivity contribution >= 4 is 35.2 Å². The maximum atomic E-state index is 13.3. The van der Waals surface area contributed by atoms with Crippen LogP contribution in [0.15, 0.2) is 84.9 Å². The van der Waals surface area contributed by atoms with Crippen LogP contribution < -0.4 is 5.32 Å². The molecule has 162 valence electrons. The second-order valence-corrected chi connectivity index (χ2v) is 6.96. The Bertz CT molecular complexity index is 1240. The Labute approximate surface area is 191 Å². The van der Waals surface area contributed by atoms with Crippen molar-refractivity contribution in [3.05, 3.63) is 96.1 Å². The molecule has 0 saturated carbocycles. The molecule has 4 rings (SSSR count). The van der Waals surface area contributed by atoms with Crippen LogP contribution >= 0.6 is 12.4 Å². The van der Waals surface area contributed by atoms with E-state index in [-0.39, 0.29) is 18.2 Å². The van der Waals surface area contributed by atoms with Gasteiger partial charge in [0.1, 0.15) is 5.75 Å². The first kappa shape index (κ1) is 22.8. The highest BCUT2D eigenvalue weighted by atomic mass is 35.5. The molecule has 0 fully saturated rings. The number of nitrogens with zero attached hydrogens (tertiary/aromatic N) is 1. The number of nitrogens with one attached hydrogen (secondary N) is 1. The van der Waals surface area contributed by atoms with Gasteiger partial charge in [0.05, 0.1) is 23.9 Å². The molecule has 3 aromatic carbocycles. The van der Waals surface area contributed by atoms with Crippen molar-refractivity contribution in [2.75, 3.05) is 7.11 Å². The molecule has 6 nitrogen and oxygen atoms in total. The highest BCUT2D eigenvalue weighted by molar-refractivity contribution is 6.08. The van der Waals surface area contributed by atoms with Crippen molar-refractivity contribution in [1.82, 2.24) is 10.3 Å². The molecule has 0 unspecified atom stereocenters. The number of amides is 1. The average molecular weight is 449 g/mol. The summed E-state index contributed by atoms with van der Waals surface area (Å²) in [6.45, 7) is 0. The number of aromatic nitrogens is 1. The Kier molecular flexibility index (Phi) is 7.07. The molecule has 4 aromatic rings. The van der Waals surface area contributed by atoms with Crippen LogP contribution in [0.3, 0.4) is 0 Å². The molecule has 0 saturated heterocycles. The molecule has 7 heteroatoms. The smallest absolute Gasteiger partial charge is 0.333 e. The summed E-state index contributed by atoms with van der Waals surface area (Å²) in [7, 11) is 1.26. The molecule has 0 aliphatic carbocycles. The van der Waals surface area contributed by atoms with E-state index >= 15 is 0 Å². The van der Waals surface area contributed by atoms with Gasteiger partial charge >= 0.3 is 5.97 Å². The van der Waals surface area contributed by atoms with Crippen LogP contribution in [-0.4, -0.2) is 29.1 Å². The van der Waals surface area contributed by atoms with Gasteiger partial charge in [0.15, 0.2) is 6.04 Å². The van der Waals surface area contributed by atoms with Crippen LogP contribution in [0.2, 0.25) is 0 Å². The Morgan fingerprint density at radius 1 is 0.938 bits per heavy atom. The lowest BCUT2D eigenvalue weighted by atomic mass is 10.0. The fraction of sp³-hybridized carbons (Fsp3) is 0.0800. The lowest BCUT2D eigenvalue weighted by Crippen LogP contribution is -2.34. The lowest BCUT2D eigenvalue weighted by Gasteiger charge is -2.18. The van der Waals surface area contributed by atoms with Gasteiger partial charge in [0.25, 0.3) is 5.91 Å². The number of halogens is 1. The maximum Gasteiger partial charge on any atom is 0.333 e. The van der Waals surface area contributed by atoms with Crippen molar-refractivity contribution in [3.8, 4) is 17.0 Å². The summed E-state index contributed by atoms with van der Waals surface area (Å²) in [6, 6.07) is 23.7. The predicted molar refractivity (Wildman–Crippen MR) is 125 cm³/mol. The number of rotatable bonds is 5. The number of para-hydroxylation sites is 1. The van der Waals surface area contributed by atoms with Gasteiger partial charge in [-0.1, -0.05) is 60.7 Å². The summed E-state index contributed by atoms with van der Waals surface area (Å²) in [6.07, 6.45) is 0. The van der Waals surface area contributed by atoms with Gasteiger partial charge in [-0.2, -0.15) is 0 Å². The summed E-state index contributed by atoms with van der Waals surface area (Å²) in [5, 5.41) is 13.0. The molecule has 0 bridgehead atoms. The van der Waals surface area contributed by atoms with Crippen LogP contribution in [0, 0.1) is 0 Å². The minimum absolute atomic E-state index is 0. The molecule has 1 aromatic heterocycles. The van der Waals surface area contributed by atoms with Gasteiger partial charge in [-0.25, -0.2) is 9.78 Å². The van der Waals surface area contributed by atoms with E-state index in [1.54, 1.807) is 18.2 Å². The number of aromatic hydroxyl groups is 1. The molecule has 2 N–H and O–H groups in total. The van der Waals surface area contributed by atoms with Crippen molar-refractivity contribution < 1.29 is 19.4 Å². The number of hydrogen-bond donors (Lipinski definition) is 2. The third kappa shape index (κ3) is 4.71. The van der Waals surface area contributed by atoms with E-state index in [0.717, 1.165) is 5.56 Å². The number of carbonyl (C=O) groups excluding carboxylic acids is 2. The van der Waals surface area contributed by atoms with Crippen molar-refractivity contribution in [1.29, 1.82) is 0 Å². The fourth-order valence-corrected chi connectivity index (χ4v) is 3.39. The second-order valence-electron chi connectivity index (χ2n) is 6.96. The third-order valence-corrected chi connectivity index (χ3v) is 4.97. The van der Waals surface area contributed by atoms with E-state index in [1.165, 1.54) is 19.2 Å². The second kappa shape index (κ2) is 9.94. The number of phenolic OH excluding ortho intramolecular Hbond substituents is 1. The molecule has 1 atom stereocenters. The Morgan fingerprint density at radius 3 is 2.28 bits per heavy atom. The van der Waals surface area contributed by atoms with Gasteiger partial charge in [0.2, 0.25) is 0 Å². The van der Waals surface area contributed by atoms with Crippen LogP contribution in [0.1, 0.15) is 22.0 Å². The number of phenols is 1. The molecule has 0 aliphatic rings. The Morgan fingerprint density at radius 2 is 1.59 bits per heavy atom. The Balaban J connectivity index is 0.00000289. The van der Waals surface area contributed by atoms with Crippen LogP contribution in [0.5, 0.6) is 5.75 Å². The monoisotopic (exact) mass is 448 g/mol. The number of benzene rings is 3. The molecular formula is C25H21ClN2O4. The highest BCUT2D eigenvalue weighted by Gasteiger charge is 2.25. The maximum absolute atomic E-state index is 13.3. The van der Waals surface area contributed by atoms with E-state index < -0.39 is 17.9 Å². The fourth-order valence-electron chi connectivity index (χ4n) is 3.39. The van der Waals surface area contributed by atoms with E-state index in [4.69, 9.17) is 4.74 Å². The number of methoxy groups -OCH3 is 1. The molecule has 0 radical (unpaired) electrons. The third-order valence-electron chi connectivity index (χ3n) is 4.97. The largest absolute Gasteiger partial charge is 0.508 e. The molecule has 1 heterocycles. The lowest BCUT2D eigenvalue weighted by molar-refractivity contribution is -0.143. The zero-order valence-electron chi connectivity index (χ0n) is 17.2. The van der Waals surface area contributed by atoms with E-state index in [1.807, 2.05) is 54.6 Å². The number of ether oxygens (including phenoxy) is 1. The van der Waals surface area contributed by atoms with E-state index in [2.05, 4.69) is 10.3 Å². The quantitative estimate of drug-likeness (QED) is 0.433. The normalized spacial score (nSPS) is 11.3. The SMILES string of the molecule is COC(=O)[C@H](NC(=O)c1cc(-c2ccccc2)nc2ccccc12)c1ccc(O)cc1.Cl. The van der Waals surface area contributed by atoms with Crippen LogP contribution in [-0.2, 0) is 9.53 Å². The standard InChI is InChI=1S/C25H20N2O4.ClH/c1-31-25(30)23(17-11-13-18(28)14-12-17)27-24(29)20-15-22(16-7-3-2-4-8-16)26-21-10-6-5-9-19(20)21;/h2-15,23,28H,1H3,(H,27,29);1H/t23-;/m1./s1. The molecule has 1 amide bonds. The van der Waals surface area contributed by atoms with Crippen molar-refractivity contribution in [2.24, 2.45) is 0 Å². The van der Waals surface area contributed by atoms with Gasteiger partial charge in [-0.3, -0.25) is 4.79 Å². The topological polar surface area (TPSA) is 88.5 Å². The summed E-state index contributed by atoms with van der Waals surface area (Å²) in [5.74, 6) is -0.980. The van der Waals surface area contributed by atoms with E-state index in [9.17, 15) is 14.7 Å². The number of esters is 1. The first-order valence-electron chi connectivity index (χ1n) is 9.69. The first-order valence-corrected chi connectivity index (χ1v) is 9.69. The number of carbonyl (C=O) groups is 2. The van der Waals surface area contributed by atoms with Gasteiger partial charge in [-0.05, 0) is 29.8 Å². The van der Waals surface area contributed by atoms with Crippen LogP contribution in [0.4, 0.5) is 0 Å². The van der Waals surface area contributed by atoms with Gasteiger partial charge in [-0.15, -0.1) is 12.4 Å². The Hall–Kier alpha value is -3.90. The minimum Gasteiger partial charge on any atom is -0.508 e. The zero-order chi connectivity index (χ0) is 21.8. The van der Waals surface area contributed by atoms with Gasteiger partial charge < -0.3 is 15.2 Å². The minimum atomic E-state index is -1.02. The van der Waals surface area contributed by atoms with Crippen molar-refractivity contribution in [3.63, 3.8) is 0 Å². The average Bonchev–Trinajstić information content (AvgIpc) is 2.82. The summed E-state index contributed by atoms with van der Waals surface area (Å²) >= 11 is 0. The molecule has 0 aliphatic heterocycles. The van der Waals surface area contributed by atoms with Gasteiger partial charge in [0, 0.05) is 10.9 Å². The first-order chi connectivity index (χ1) is 15.1. The summed E-state index contributed by atoms with van der Waals surface area (Å²) in [4.78, 5) is 30.4. The molecule has 32 heavy (non-hydrogen) atoms.